The normalized spacial score (nSPS) is 6.83. The van der Waals surface area contributed by atoms with Crippen molar-refractivity contribution in [1.29, 1.82) is 0 Å². The Labute approximate surface area is 74.6 Å². The maximum atomic E-state index is 3.35. The van der Waals surface area contributed by atoms with E-state index in [1.807, 2.05) is 6.92 Å². The van der Waals surface area contributed by atoms with Gasteiger partial charge in [0.25, 0.3) is 0 Å². The van der Waals surface area contributed by atoms with Gasteiger partial charge in [0.1, 0.15) is 0 Å². The van der Waals surface area contributed by atoms with Crippen LogP contribution in [0, 0.1) is 0 Å². The highest BCUT2D eigenvalue weighted by atomic mass is 13.9. The van der Waals surface area contributed by atoms with Crippen molar-refractivity contribution in [2.75, 3.05) is 0 Å². The molecule has 0 saturated heterocycles. The lowest BCUT2D eigenvalue weighted by Crippen LogP contribution is -1.72. The zero-order valence-corrected chi connectivity index (χ0v) is 7.83. The highest BCUT2D eigenvalue weighted by Gasteiger charge is 1.84. The number of unbranched alkanes of at least 4 members (excludes halogenated alkanes) is 1. The van der Waals surface area contributed by atoms with E-state index in [4.69, 9.17) is 0 Å². The molecule has 0 spiro atoms. The summed E-state index contributed by atoms with van der Waals surface area (Å²) in [5.41, 5.74) is 14.6. The van der Waals surface area contributed by atoms with E-state index in [1.165, 1.54) is 18.4 Å². The molecule has 0 radical (unpaired) electrons. The average molecular weight is 158 g/mol. The van der Waals surface area contributed by atoms with E-state index < -0.39 is 0 Å². The second-order valence-corrected chi connectivity index (χ2v) is 2.56. The smallest absolute Gasteiger partial charge is 0.00137 e. The Bertz CT molecular complexity index is 302. The highest BCUT2D eigenvalue weighted by molar-refractivity contribution is 4.97. The van der Waals surface area contributed by atoms with Gasteiger partial charge in [-0.3, -0.25) is 0 Å². The summed E-state index contributed by atoms with van der Waals surface area (Å²) in [4.78, 5) is 0. The van der Waals surface area contributed by atoms with Gasteiger partial charge in [0.05, 0.1) is 0 Å². The fourth-order valence-electron chi connectivity index (χ4n) is 0.718. The summed E-state index contributed by atoms with van der Waals surface area (Å²) in [6.45, 7) is 7.57. The van der Waals surface area contributed by atoms with Crippen LogP contribution in [0.2, 0.25) is 0 Å². The van der Waals surface area contributed by atoms with Gasteiger partial charge in [0, 0.05) is 0 Å². The molecule has 0 rings (SSSR count). The van der Waals surface area contributed by atoms with Crippen LogP contribution in [0.25, 0.3) is 0 Å². The SMILES string of the molecule is C=C=C=C=C=C=C(C)CCCC. The molecule has 0 aromatic carbocycles. The van der Waals surface area contributed by atoms with Crippen molar-refractivity contribution in [3.05, 3.63) is 40.8 Å². The molecule has 0 aliphatic rings. The van der Waals surface area contributed by atoms with Crippen LogP contribution in [0.1, 0.15) is 33.1 Å². The Hall–Kier alpha value is -1.36. The third-order valence-electron chi connectivity index (χ3n) is 1.39. The van der Waals surface area contributed by atoms with Crippen LogP contribution in [0.5, 0.6) is 0 Å². The van der Waals surface area contributed by atoms with Crippen molar-refractivity contribution in [1.82, 2.24) is 0 Å². The van der Waals surface area contributed by atoms with E-state index >= 15 is 0 Å². The third-order valence-corrected chi connectivity index (χ3v) is 1.39. The first-order valence-corrected chi connectivity index (χ1v) is 4.16. The molecule has 0 aromatic rings. The van der Waals surface area contributed by atoms with Crippen molar-refractivity contribution < 1.29 is 0 Å². The number of hydrogen-bond acceptors (Lipinski definition) is 0. The predicted octanol–water partition coefficient (Wildman–Crippen LogP) is 3.53. The average Bonchev–Trinajstić information content (AvgIpc) is 2.09. The number of rotatable bonds is 3. The Morgan fingerprint density at radius 1 is 1.25 bits per heavy atom. The largest absolute Gasteiger partial charge is 0.0687 e. The van der Waals surface area contributed by atoms with Crippen LogP contribution in [-0.2, 0) is 0 Å². The highest BCUT2D eigenvalue weighted by Crippen LogP contribution is 2.02. The zero-order chi connectivity index (χ0) is 9.23. The molecule has 0 amide bonds. The van der Waals surface area contributed by atoms with E-state index in [2.05, 4.69) is 42.2 Å². The van der Waals surface area contributed by atoms with Gasteiger partial charge in [-0.1, -0.05) is 24.8 Å². The molecule has 62 valence electrons. The van der Waals surface area contributed by atoms with E-state index in [-0.39, 0.29) is 0 Å². The molecule has 0 unspecified atom stereocenters. The summed E-state index contributed by atoms with van der Waals surface area (Å²) in [7, 11) is 0. The molecule has 0 nitrogen and oxygen atoms in total. The molecule has 0 N–H and O–H groups in total. The quantitative estimate of drug-likeness (QED) is 0.551. The monoisotopic (exact) mass is 158 g/mol. The first-order valence-electron chi connectivity index (χ1n) is 4.16. The number of hydrogen-bond donors (Lipinski definition) is 0. The molecule has 12 heavy (non-hydrogen) atoms. The van der Waals surface area contributed by atoms with Gasteiger partial charge in [0.2, 0.25) is 0 Å². The zero-order valence-electron chi connectivity index (χ0n) is 7.83. The maximum absolute atomic E-state index is 3.35. The molecule has 0 heteroatoms. The standard InChI is InChI=1S/C12H14/c1-4-6-8-9-11-12(3)10-7-5-2/h1,5,7,10H2,2-3H3. The second-order valence-electron chi connectivity index (χ2n) is 2.56. The van der Waals surface area contributed by atoms with Crippen LogP contribution in [0.3, 0.4) is 0 Å². The van der Waals surface area contributed by atoms with E-state index in [0.29, 0.717) is 0 Å². The van der Waals surface area contributed by atoms with Gasteiger partial charge >= 0.3 is 0 Å². The molecule has 0 saturated carbocycles. The van der Waals surface area contributed by atoms with Crippen molar-refractivity contribution >= 4 is 0 Å². The summed E-state index contributed by atoms with van der Waals surface area (Å²) in [6.07, 6.45) is 3.51. The summed E-state index contributed by atoms with van der Waals surface area (Å²) < 4.78 is 0. The van der Waals surface area contributed by atoms with Gasteiger partial charge in [-0.25, -0.2) is 0 Å². The summed E-state index contributed by atoms with van der Waals surface area (Å²) in [6, 6.07) is 0. The lowest BCUT2D eigenvalue weighted by Gasteiger charge is -1.91. The molecule has 0 bridgehead atoms. The topological polar surface area (TPSA) is 0 Å². The summed E-state index contributed by atoms with van der Waals surface area (Å²) in [5.74, 6) is 0. The van der Waals surface area contributed by atoms with Crippen LogP contribution >= 0.6 is 0 Å². The first kappa shape index (κ1) is 10.6. The molecule has 0 aliphatic carbocycles. The molecule has 0 aliphatic heterocycles. The fraction of sp³-hybridized carbons (Fsp3) is 0.417. The lowest BCUT2D eigenvalue weighted by molar-refractivity contribution is 0.788. The van der Waals surface area contributed by atoms with Crippen LogP contribution < -0.4 is 0 Å². The molecule has 0 atom stereocenters. The predicted molar refractivity (Wildman–Crippen MR) is 51.9 cm³/mol. The Kier molecular flexibility index (Phi) is 6.87. The minimum atomic E-state index is 1.09. The lowest BCUT2D eigenvalue weighted by atomic mass is 10.1. The molecular formula is C12H14. The Morgan fingerprint density at radius 3 is 2.58 bits per heavy atom. The summed E-state index contributed by atoms with van der Waals surface area (Å²) in [5, 5.41) is 0. The molecule has 0 heterocycles. The first-order chi connectivity index (χ1) is 5.81. The fourth-order valence-corrected chi connectivity index (χ4v) is 0.718. The van der Waals surface area contributed by atoms with Crippen molar-refractivity contribution in [3.63, 3.8) is 0 Å². The minimum Gasteiger partial charge on any atom is -0.0687 e. The van der Waals surface area contributed by atoms with Gasteiger partial charge in [-0.05, 0) is 49.1 Å². The van der Waals surface area contributed by atoms with E-state index in [9.17, 15) is 0 Å². The Balaban J connectivity index is 4.44. The van der Waals surface area contributed by atoms with Gasteiger partial charge < -0.3 is 0 Å². The molecule has 0 aromatic heterocycles. The van der Waals surface area contributed by atoms with Crippen molar-refractivity contribution in [2.45, 2.75) is 33.1 Å². The second kappa shape index (κ2) is 7.74. The van der Waals surface area contributed by atoms with Crippen molar-refractivity contribution in [2.24, 2.45) is 0 Å². The van der Waals surface area contributed by atoms with E-state index in [1.54, 1.807) is 0 Å². The van der Waals surface area contributed by atoms with Gasteiger partial charge in [0.15, 0.2) is 0 Å². The van der Waals surface area contributed by atoms with Crippen LogP contribution in [0.15, 0.2) is 40.8 Å². The van der Waals surface area contributed by atoms with Crippen LogP contribution in [-0.4, -0.2) is 0 Å². The van der Waals surface area contributed by atoms with Crippen molar-refractivity contribution in [3.8, 4) is 0 Å². The Morgan fingerprint density at radius 2 is 2.00 bits per heavy atom. The van der Waals surface area contributed by atoms with Crippen LogP contribution in [0.4, 0.5) is 0 Å². The third kappa shape index (κ3) is 6.76. The summed E-state index contributed by atoms with van der Waals surface area (Å²) >= 11 is 0. The maximum Gasteiger partial charge on any atom is -0.00137 e. The van der Waals surface area contributed by atoms with Gasteiger partial charge in [-0.15, -0.1) is 0 Å². The number of allylic oxidation sites excluding steroid dienone is 1. The molecule has 0 fully saturated rings. The van der Waals surface area contributed by atoms with Gasteiger partial charge in [-0.2, -0.15) is 0 Å². The minimum absolute atomic E-state index is 1.09. The van der Waals surface area contributed by atoms with E-state index in [0.717, 1.165) is 6.42 Å². The molecular weight excluding hydrogens is 144 g/mol.